The van der Waals surface area contributed by atoms with Crippen LogP contribution in [-0.4, -0.2) is 43.3 Å². The zero-order valence-corrected chi connectivity index (χ0v) is 20.8. The van der Waals surface area contributed by atoms with Crippen LogP contribution in [0.15, 0.2) is 48.4 Å². The predicted molar refractivity (Wildman–Crippen MR) is 128 cm³/mol. The number of hydrogen-bond acceptors (Lipinski definition) is 2. The Bertz CT molecular complexity index is 917. The standard InChI is InChI=1S/C23H33N2O4P.Mg.2H/c1-3-5-13-22-20(15-23(24)26)21(19(4-2)12-9-14-30(27,28)29)17-25(22)16-18-10-7-6-8-11-18;;;/h6-11,14,17,19H,3-5,12-13,15-16H2,1-2H3,(H2,24,26)(H2,27,28,29);;;/q;+2;2*-1. The first-order valence-electron chi connectivity index (χ1n) is 10.5. The summed E-state index contributed by atoms with van der Waals surface area (Å²) in [4.78, 5) is 30.1. The summed E-state index contributed by atoms with van der Waals surface area (Å²) >= 11 is 0. The molecule has 1 heterocycles. The number of carbonyl (C=O) groups excluding carboxylic acids is 1. The van der Waals surface area contributed by atoms with E-state index in [-0.39, 0.29) is 44.2 Å². The van der Waals surface area contributed by atoms with Crippen molar-refractivity contribution in [2.24, 2.45) is 5.73 Å². The van der Waals surface area contributed by atoms with Crippen LogP contribution >= 0.6 is 7.60 Å². The Kier molecular flexibility index (Phi) is 11.8. The summed E-state index contributed by atoms with van der Waals surface area (Å²) in [5.41, 5.74) is 9.92. The second-order valence-corrected chi connectivity index (χ2v) is 9.16. The normalized spacial score (nSPS) is 12.6. The van der Waals surface area contributed by atoms with Gasteiger partial charge in [0.2, 0.25) is 5.91 Å². The monoisotopic (exact) mass is 458 g/mol. The molecule has 1 aromatic heterocycles. The molecule has 4 N–H and O–H groups in total. The summed E-state index contributed by atoms with van der Waals surface area (Å²) < 4.78 is 13.4. The van der Waals surface area contributed by atoms with Gasteiger partial charge in [-0.3, -0.25) is 9.36 Å². The fourth-order valence-electron chi connectivity index (χ4n) is 3.83. The third-order valence-electron chi connectivity index (χ3n) is 5.31. The number of carbonyl (C=O) groups is 1. The number of hydrogen-bond donors (Lipinski definition) is 3. The molecule has 0 aliphatic rings. The van der Waals surface area contributed by atoms with Gasteiger partial charge >= 0.3 is 30.6 Å². The SMILES string of the molecule is CCCCc1c(CC(N)=O)c(C(CC)CC=CP(=O)(O)O)cn1Cc1ccccc1.[H-].[H-].[Mg+2]. The van der Waals surface area contributed by atoms with Crippen molar-refractivity contribution in [2.75, 3.05) is 0 Å². The maximum absolute atomic E-state index is 11.9. The van der Waals surface area contributed by atoms with Crippen molar-refractivity contribution in [1.29, 1.82) is 0 Å². The summed E-state index contributed by atoms with van der Waals surface area (Å²) in [6.45, 7) is 4.89. The zero-order chi connectivity index (χ0) is 22.1. The maximum Gasteiger partial charge on any atom is 2.00 e. The molecule has 0 aliphatic heterocycles. The fraction of sp³-hybridized carbons (Fsp3) is 0.435. The summed E-state index contributed by atoms with van der Waals surface area (Å²) in [6.07, 6.45) is 8.04. The molecule has 1 aromatic carbocycles. The maximum atomic E-state index is 11.9. The second kappa shape index (κ2) is 13.2. The van der Waals surface area contributed by atoms with Gasteiger partial charge in [-0.15, -0.1) is 0 Å². The number of amides is 1. The Morgan fingerprint density at radius 1 is 1.26 bits per heavy atom. The zero-order valence-electron chi connectivity index (χ0n) is 20.5. The number of allylic oxidation sites excluding steroid dienone is 1. The van der Waals surface area contributed by atoms with E-state index in [2.05, 4.69) is 29.8 Å². The largest absolute Gasteiger partial charge is 2.00 e. The van der Waals surface area contributed by atoms with Crippen molar-refractivity contribution in [3.63, 3.8) is 0 Å². The molecule has 6 nitrogen and oxygen atoms in total. The van der Waals surface area contributed by atoms with Gasteiger partial charge in [-0.1, -0.05) is 56.7 Å². The Morgan fingerprint density at radius 2 is 1.94 bits per heavy atom. The van der Waals surface area contributed by atoms with E-state index < -0.39 is 7.60 Å². The molecule has 0 saturated carbocycles. The van der Waals surface area contributed by atoms with E-state index in [1.54, 1.807) is 6.08 Å². The number of unbranched alkanes of at least 4 members (excludes halogenated alkanes) is 1. The molecule has 0 fully saturated rings. The third kappa shape index (κ3) is 8.95. The molecule has 2 aromatic rings. The molecule has 0 aliphatic carbocycles. The number of nitrogens with zero attached hydrogens (tertiary/aromatic N) is 1. The van der Waals surface area contributed by atoms with Crippen LogP contribution in [0, 0.1) is 0 Å². The van der Waals surface area contributed by atoms with E-state index in [0.717, 1.165) is 48.3 Å². The van der Waals surface area contributed by atoms with E-state index in [4.69, 9.17) is 15.5 Å². The Labute approximate surface area is 204 Å². The van der Waals surface area contributed by atoms with Crippen molar-refractivity contribution in [2.45, 2.75) is 64.8 Å². The molecule has 2 rings (SSSR count). The van der Waals surface area contributed by atoms with Gasteiger partial charge in [-0.05, 0) is 48.3 Å². The van der Waals surface area contributed by atoms with Crippen molar-refractivity contribution in [3.8, 4) is 0 Å². The molecule has 0 bridgehead atoms. The van der Waals surface area contributed by atoms with Gasteiger partial charge < -0.3 is 22.9 Å². The van der Waals surface area contributed by atoms with Gasteiger partial charge in [0.05, 0.1) is 6.42 Å². The van der Waals surface area contributed by atoms with Crippen LogP contribution in [0.25, 0.3) is 0 Å². The van der Waals surface area contributed by atoms with Crippen LogP contribution in [0.1, 0.15) is 70.7 Å². The first-order chi connectivity index (χ1) is 14.2. The average Bonchev–Trinajstić information content (AvgIpc) is 2.99. The van der Waals surface area contributed by atoms with Crippen molar-refractivity contribution in [3.05, 3.63) is 70.8 Å². The molecule has 168 valence electrons. The minimum atomic E-state index is -4.18. The first kappa shape index (κ1) is 27.7. The minimum Gasteiger partial charge on any atom is -1.00 e. The number of primary amides is 1. The predicted octanol–water partition coefficient (Wildman–Crippen LogP) is 4.33. The van der Waals surface area contributed by atoms with E-state index >= 15 is 0 Å². The van der Waals surface area contributed by atoms with Crippen LogP contribution < -0.4 is 5.73 Å². The van der Waals surface area contributed by atoms with Crippen LogP contribution in [0.2, 0.25) is 0 Å². The van der Waals surface area contributed by atoms with E-state index in [9.17, 15) is 9.36 Å². The van der Waals surface area contributed by atoms with Gasteiger partial charge in [0.15, 0.2) is 0 Å². The van der Waals surface area contributed by atoms with Crippen LogP contribution in [0.3, 0.4) is 0 Å². The van der Waals surface area contributed by atoms with Crippen molar-refractivity contribution < 1.29 is 22.0 Å². The molecule has 1 amide bonds. The summed E-state index contributed by atoms with van der Waals surface area (Å²) in [5, 5.41) is 0. The van der Waals surface area contributed by atoms with Gasteiger partial charge in [0, 0.05) is 24.3 Å². The average molecular weight is 459 g/mol. The van der Waals surface area contributed by atoms with Crippen LogP contribution in [-0.2, 0) is 28.7 Å². The van der Waals surface area contributed by atoms with Crippen molar-refractivity contribution in [1.82, 2.24) is 4.57 Å². The number of rotatable bonds is 12. The fourth-order valence-corrected chi connectivity index (χ4v) is 4.23. The molecular formula is C23H35MgN2O4P. The van der Waals surface area contributed by atoms with Gasteiger partial charge in [-0.2, -0.15) is 0 Å². The molecule has 1 atom stereocenters. The van der Waals surface area contributed by atoms with Crippen molar-refractivity contribution >= 4 is 36.6 Å². The van der Waals surface area contributed by atoms with Gasteiger partial charge in [-0.25, -0.2) is 0 Å². The minimum absolute atomic E-state index is 0. The summed E-state index contributed by atoms with van der Waals surface area (Å²) in [5.74, 6) is 0.647. The Balaban J connectivity index is 0. The molecule has 0 saturated heterocycles. The van der Waals surface area contributed by atoms with Crippen LogP contribution in [0.5, 0.6) is 0 Å². The Hall–Kier alpha value is -1.37. The van der Waals surface area contributed by atoms with E-state index in [1.807, 2.05) is 25.1 Å². The van der Waals surface area contributed by atoms with E-state index in [0.29, 0.717) is 13.0 Å². The topological polar surface area (TPSA) is 106 Å². The Morgan fingerprint density at radius 3 is 2.48 bits per heavy atom. The number of benzene rings is 1. The third-order valence-corrected chi connectivity index (χ3v) is 5.90. The van der Waals surface area contributed by atoms with Crippen LogP contribution in [0.4, 0.5) is 0 Å². The molecule has 31 heavy (non-hydrogen) atoms. The summed E-state index contributed by atoms with van der Waals surface area (Å²) in [6, 6.07) is 10.2. The molecular weight excluding hydrogens is 424 g/mol. The molecule has 1 unspecified atom stereocenters. The number of aromatic nitrogens is 1. The molecule has 0 radical (unpaired) electrons. The van der Waals surface area contributed by atoms with Gasteiger partial charge in [0.1, 0.15) is 0 Å². The molecule has 0 spiro atoms. The van der Waals surface area contributed by atoms with Gasteiger partial charge in [0.25, 0.3) is 0 Å². The quantitative estimate of drug-likeness (QED) is 0.325. The molecule has 8 heteroatoms. The smallest absolute Gasteiger partial charge is 1.00 e. The second-order valence-electron chi connectivity index (χ2n) is 7.68. The van der Waals surface area contributed by atoms with E-state index in [1.165, 1.54) is 5.56 Å². The number of nitrogens with two attached hydrogens (primary N) is 1. The summed E-state index contributed by atoms with van der Waals surface area (Å²) in [7, 11) is -4.18. The first-order valence-corrected chi connectivity index (χ1v) is 12.2.